The standard InChI is InChI=1S/C22H27N3O4S/c1-14-10-15(2)13-25(12-14)30(28,29)18-7-4-6-17(11-18)22(27)24-20-9-5-8-19(16(20)3)21(23)26/h4-9,11,14-15H,10,12-13H2,1-3H3,(H2,23,26)(H,24,27). The molecule has 2 atom stereocenters. The molecule has 2 aromatic rings. The number of hydrogen-bond donors (Lipinski definition) is 2. The van der Waals surface area contributed by atoms with Gasteiger partial charge < -0.3 is 11.1 Å². The Balaban J connectivity index is 1.86. The summed E-state index contributed by atoms with van der Waals surface area (Å²) in [6, 6.07) is 10.9. The first kappa shape index (κ1) is 22.0. The number of carbonyl (C=O) groups excluding carboxylic acids is 2. The maximum atomic E-state index is 13.1. The summed E-state index contributed by atoms with van der Waals surface area (Å²) in [5.74, 6) is -0.468. The van der Waals surface area contributed by atoms with Gasteiger partial charge in [-0.1, -0.05) is 26.0 Å². The molecule has 3 rings (SSSR count). The van der Waals surface area contributed by atoms with Gasteiger partial charge >= 0.3 is 0 Å². The van der Waals surface area contributed by atoms with Crippen molar-refractivity contribution < 1.29 is 18.0 Å². The van der Waals surface area contributed by atoms with Gasteiger partial charge in [0.1, 0.15) is 0 Å². The molecule has 0 aromatic heterocycles. The molecule has 1 aliphatic heterocycles. The van der Waals surface area contributed by atoms with Gasteiger partial charge in [-0.3, -0.25) is 9.59 Å². The van der Waals surface area contributed by atoms with Gasteiger partial charge in [-0.25, -0.2) is 8.42 Å². The first-order chi connectivity index (χ1) is 14.1. The minimum absolute atomic E-state index is 0.0964. The van der Waals surface area contributed by atoms with Crippen LogP contribution < -0.4 is 11.1 Å². The summed E-state index contributed by atoms with van der Waals surface area (Å²) >= 11 is 0. The lowest BCUT2D eigenvalue weighted by molar-refractivity contribution is 0.0995. The van der Waals surface area contributed by atoms with Gasteiger partial charge in [-0.15, -0.1) is 0 Å². The van der Waals surface area contributed by atoms with Crippen LogP contribution in [0.25, 0.3) is 0 Å². The molecule has 160 valence electrons. The SMILES string of the molecule is Cc1c(NC(=O)c2cccc(S(=O)(=O)N3CC(C)CC(C)C3)c2)cccc1C(N)=O. The molecular weight excluding hydrogens is 402 g/mol. The number of anilines is 1. The van der Waals surface area contributed by atoms with Crippen LogP contribution >= 0.6 is 0 Å². The number of nitrogens with one attached hydrogen (secondary N) is 1. The molecule has 2 unspecified atom stereocenters. The number of carbonyl (C=O) groups is 2. The van der Waals surface area contributed by atoms with Gasteiger partial charge in [0.05, 0.1) is 4.90 Å². The van der Waals surface area contributed by atoms with Crippen molar-refractivity contribution in [3.8, 4) is 0 Å². The number of nitrogens with zero attached hydrogens (tertiary/aromatic N) is 1. The highest BCUT2D eigenvalue weighted by Crippen LogP contribution is 2.27. The molecule has 2 amide bonds. The predicted octanol–water partition coefficient (Wildman–Crippen LogP) is 3.01. The fourth-order valence-corrected chi connectivity index (χ4v) is 5.71. The van der Waals surface area contributed by atoms with Crippen LogP contribution in [0.2, 0.25) is 0 Å². The van der Waals surface area contributed by atoms with E-state index in [1.807, 2.05) is 13.8 Å². The summed E-state index contributed by atoms with van der Waals surface area (Å²) < 4.78 is 27.8. The molecule has 0 aliphatic carbocycles. The number of hydrogen-bond acceptors (Lipinski definition) is 4. The minimum Gasteiger partial charge on any atom is -0.366 e. The Labute approximate surface area is 177 Å². The van der Waals surface area contributed by atoms with Crippen molar-refractivity contribution in [3.63, 3.8) is 0 Å². The average Bonchev–Trinajstić information content (AvgIpc) is 2.68. The van der Waals surface area contributed by atoms with E-state index in [2.05, 4.69) is 5.32 Å². The average molecular weight is 430 g/mol. The zero-order valence-electron chi connectivity index (χ0n) is 17.4. The van der Waals surface area contributed by atoms with E-state index in [0.717, 1.165) is 6.42 Å². The largest absolute Gasteiger partial charge is 0.366 e. The van der Waals surface area contributed by atoms with E-state index < -0.39 is 21.8 Å². The molecule has 8 heteroatoms. The van der Waals surface area contributed by atoms with Crippen LogP contribution in [0.5, 0.6) is 0 Å². The molecule has 1 aliphatic rings. The normalized spacial score (nSPS) is 20.0. The molecule has 7 nitrogen and oxygen atoms in total. The van der Waals surface area contributed by atoms with Crippen LogP contribution in [0.4, 0.5) is 5.69 Å². The number of amides is 2. The molecule has 2 aromatic carbocycles. The third-order valence-corrected chi connectivity index (χ3v) is 7.24. The van der Waals surface area contributed by atoms with Gasteiger partial charge in [0, 0.05) is 29.9 Å². The summed E-state index contributed by atoms with van der Waals surface area (Å²) in [7, 11) is -3.69. The van der Waals surface area contributed by atoms with Gasteiger partial charge in [0.25, 0.3) is 5.91 Å². The summed E-state index contributed by atoms with van der Waals surface area (Å²) in [4.78, 5) is 24.4. The Morgan fingerprint density at radius 1 is 1.07 bits per heavy atom. The molecule has 1 heterocycles. The topological polar surface area (TPSA) is 110 Å². The van der Waals surface area contributed by atoms with Gasteiger partial charge in [-0.05, 0) is 61.1 Å². The van der Waals surface area contributed by atoms with Gasteiger partial charge in [0.2, 0.25) is 15.9 Å². The lowest BCUT2D eigenvalue weighted by Crippen LogP contribution is -2.42. The Hall–Kier alpha value is -2.71. The monoisotopic (exact) mass is 429 g/mol. The number of primary amides is 1. The van der Waals surface area contributed by atoms with Crippen molar-refractivity contribution in [2.24, 2.45) is 17.6 Å². The molecule has 1 saturated heterocycles. The quantitative estimate of drug-likeness (QED) is 0.761. The molecule has 30 heavy (non-hydrogen) atoms. The highest BCUT2D eigenvalue weighted by atomic mass is 32.2. The number of benzene rings is 2. The first-order valence-corrected chi connectivity index (χ1v) is 11.3. The third-order valence-electron chi connectivity index (χ3n) is 5.42. The van der Waals surface area contributed by atoms with Crippen molar-refractivity contribution in [1.82, 2.24) is 4.31 Å². The zero-order valence-corrected chi connectivity index (χ0v) is 18.2. The molecule has 0 radical (unpaired) electrons. The maximum absolute atomic E-state index is 13.1. The van der Waals surface area contributed by atoms with Crippen LogP contribution in [0.1, 0.15) is 46.5 Å². The Morgan fingerprint density at radius 3 is 2.33 bits per heavy atom. The summed E-state index contributed by atoms with van der Waals surface area (Å²) in [6.45, 7) is 6.73. The van der Waals surface area contributed by atoms with E-state index in [9.17, 15) is 18.0 Å². The van der Waals surface area contributed by atoms with E-state index >= 15 is 0 Å². The van der Waals surface area contributed by atoms with Gasteiger partial charge in [0.15, 0.2) is 0 Å². The molecule has 0 spiro atoms. The second kappa shape index (κ2) is 8.57. The highest BCUT2D eigenvalue weighted by molar-refractivity contribution is 7.89. The number of nitrogens with two attached hydrogens (primary N) is 1. The van der Waals surface area contributed by atoms with Crippen molar-refractivity contribution in [3.05, 3.63) is 59.2 Å². The second-order valence-electron chi connectivity index (χ2n) is 8.09. The molecule has 3 N–H and O–H groups in total. The van der Waals surface area contributed by atoms with Crippen LogP contribution in [0, 0.1) is 18.8 Å². The fraction of sp³-hybridized carbons (Fsp3) is 0.364. The summed E-state index contributed by atoms with van der Waals surface area (Å²) in [5.41, 5.74) is 6.90. The Bertz CT molecular complexity index is 1070. The number of rotatable bonds is 5. The van der Waals surface area contributed by atoms with Crippen molar-refractivity contribution in [1.29, 1.82) is 0 Å². The Kier molecular flexibility index (Phi) is 6.28. The zero-order chi connectivity index (χ0) is 22.1. The predicted molar refractivity (Wildman–Crippen MR) is 116 cm³/mol. The Morgan fingerprint density at radius 2 is 1.70 bits per heavy atom. The van der Waals surface area contributed by atoms with Gasteiger partial charge in [-0.2, -0.15) is 4.31 Å². The molecule has 0 saturated carbocycles. The van der Waals surface area contributed by atoms with Crippen molar-refractivity contribution in [2.45, 2.75) is 32.1 Å². The van der Waals surface area contributed by atoms with Crippen LogP contribution in [0.15, 0.2) is 47.4 Å². The highest BCUT2D eigenvalue weighted by Gasteiger charge is 2.32. The summed E-state index contributed by atoms with van der Waals surface area (Å²) in [6.07, 6.45) is 0.998. The van der Waals surface area contributed by atoms with Crippen molar-refractivity contribution >= 4 is 27.5 Å². The lowest BCUT2D eigenvalue weighted by atomic mass is 9.94. The minimum atomic E-state index is -3.69. The van der Waals surface area contributed by atoms with Crippen LogP contribution in [-0.2, 0) is 10.0 Å². The second-order valence-corrected chi connectivity index (χ2v) is 10.0. The molecule has 0 bridgehead atoms. The fourth-order valence-electron chi connectivity index (χ4n) is 3.98. The van der Waals surface area contributed by atoms with E-state index in [-0.39, 0.29) is 22.3 Å². The number of piperidine rings is 1. The van der Waals surface area contributed by atoms with Crippen LogP contribution in [0.3, 0.4) is 0 Å². The molecular formula is C22H27N3O4S. The third kappa shape index (κ3) is 4.55. The smallest absolute Gasteiger partial charge is 0.255 e. The van der Waals surface area contributed by atoms with Crippen LogP contribution in [-0.4, -0.2) is 37.6 Å². The van der Waals surface area contributed by atoms with Crippen molar-refractivity contribution in [2.75, 3.05) is 18.4 Å². The summed E-state index contributed by atoms with van der Waals surface area (Å²) in [5, 5.41) is 2.74. The van der Waals surface area contributed by atoms with E-state index in [0.29, 0.717) is 29.9 Å². The van der Waals surface area contributed by atoms with E-state index in [1.165, 1.54) is 16.4 Å². The maximum Gasteiger partial charge on any atom is 0.255 e. The molecule has 1 fully saturated rings. The van der Waals surface area contributed by atoms with E-state index in [4.69, 9.17) is 5.73 Å². The first-order valence-electron chi connectivity index (χ1n) is 9.90. The lowest BCUT2D eigenvalue weighted by Gasteiger charge is -2.34. The number of sulfonamides is 1. The van der Waals surface area contributed by atoms with E-state index in [1.54, 1.807) is 37.3 Å².